The Balaban J connectivity index is 3.48. The topological polar surface area (TPSA) is 32.3 Å². The Labute approximate surface area is 102 Å². The van der Waals surface area contributed by atoms with Crippen LogP contribution in [0, 0.1) is 0 Å². The van der Waals surface area contributed by atoms with E-state index in [1.165, 1.54) is 57.8 Å². The lowest BCUT2D eigenvalue weighted by atomic mass is 10.0. The van der Waals surface area contributed by atoms with Crippen LogP contribution < -0.4 is 5.32 Å². The molecule has 0 bridgehead atoms. The minimum atomic E-state index is 0.262. The molecule has 1 atom stereocenters. The molecule has 0 aliphatic carbocycles. The summed E-state index contributed by atoms with van der Waals surface area (Å²) in [4.78, 5) is 0. The van der Waals surface area contributed by atoms with Gasteiger partial charge in [-0.3, -0.25) is 0 Å². The van der Waals surface area contributed by atoms with Crippen LogP contribution in [0.15, 0.2) is 0 Å². The molecule has 1 unspecified atom stereocenters. The quantitative estimate of drug-likeness (QED) is 0.502. The number of hydrogen-bond acceptors (Lipinski definition) is 2. The van der Waals surface area contributed by atoms with E-state index in [9.17, 15) is 0 Å². The van der Waals surface area contributed by atoms with Gasteiger partial charge >= 0.3 is 0 Å². The molecule has 0 rings (SSSR count). The van der Waals surface area contributed by atoms with Crippen molar-refractivity contribution in [1.82, 2.24) is 5.32 Å². The van der Waals surface area contributed by atoms with E-state index >= 15 is 0 Å². The summed E-state index contributed by atoms with van der Waals surface area (Å²) in [5.41, 5.74) is 0. The van der Waals surface area contributed by atoms with Gasteiger partial charge in [0, 0.05) is 12.6 Å². The fraction of sp³-hybridized carbons (Fsp3) is 1.00. The average molecular weight is 229 g/mol. The van der Waals surface area contributed by atoms with Gasteiger partial charge in [-0.05, 0) is 12.8 Å². The molecule has 0 heterocycles. The average Bonchev–Trinajstić information content (AvgIpc) is 2.31. The summed E-state index contributed by atoms with van der Waals surface area (Å²) < 4.78 is 0. The first-order valence-electron chi connectivity index (χ1n) is 7.19. The van der Waals surface area contributed by atoms with Crippen molar-refractivity contribution in [2.75, 3.05) is 13.2 Å². The molecule has 0 aliphatic rings. The Hall–Kier alpha value is -0.0800. The highest BCUT2D eigenvalue weighted by molar-refractivity contribution is 4.66. The standard InChI is InChI=1S/C14H31NO/c1-3-5-7-8-9-11-14(10-6-4-2)15-12-13-16/h14-16H,3-13H2,1-2H3. The van der Waals surface area contributed by atoms with E-state index < -0.39 is 0 Å². The van der Waals surface area contributed by atoms with Gasteiger partial charge in [-0.15, -0.1) is 0 Å². The zero-order valence-electron chi connectivity index (χ0n) is 11.3. The molecule has 0 aliphatic heterocycles. The molecule has 0 spiro atoms. The van der Waals surface area contributed by atoms with Crippen molar-refractivity contribution in [3.05, 3.63) is 0 Å². The first-order valence-corrected chi connectivity index (χ1v) is 7.19. The predicted octanol–water partition coefficient (Wildman–Crippen LogP) is 3.49. The van der Waals surface area contributed by atoms with Crippen molar-refractivity contribution in [2.24, 2.45) is 0 Å². The second kappa shape index (κ2) is 13.0. The van der Waals surface area contributed by atoms with Crippen LogP contribution in [0.1, 0.15) is 71.6 Å². The number of rotatable bonds is 12. The lowest BCUT2D eigenvalue weighted by Gasteiger charge is -2.17. The van der Waals surface area contributed by atoms with Crippen molar-refractivity contribution >= 4 is 0 Å². The monoisotopic (exact) mass is 229 g/mol. The van der Waals surface area contributed by atoms with Gasteiger partial charge in [-0.2, -0.15) is 0 Å². The van der Waals surface area contributed by atoms with Gasteiger partial charge in [0.15, 0.2) is 0 Å². The number of nitrogens with one attached hydrogen (secondary N) is 1. The van der Waals surface area contributed by atoms with Gasteiger partial charge < -0.3 is 10.4 Å². The lowest BCUT2D eigenvalue weighted by Crippen LogP contribution is -2.31. The van der Waals surface area contributed by atoms with E-state index in [1.807, 2.05) is 0 Å². The summed E-state index contributed by atoms with van der Waals surface area (Å²) in [6, 6.07) is 0.633. The first-order chi connectivity index (χ1) is 7.85. The zero-order chi connectivity index (χ0) is 12.1. The van der Waals surface area contributed by atoms with Crippen LogP contribution in [0.25, 0.3) is 0 Å². The smallest absolute Gasteiger partial charge is 0.0556 e. The molecule has 0 aromatic carbocycles. The van der Waals surface area contributed by atoms with Crippen molar-refractivity contribution in [1.29, 1.82) is 0 Å². The fourth-order valence-corrected chi connectivity index (χ4v) is 2.06. The summed E-state index contributed by atoms with van der Waals surface area (Å²) >= 11 is 0. The van der Waals surface area contributed by atoms with Gasteiger partial charge in [-0.1, -0.05) is 58.8 Å². The summed E-state index contributed by atoms with van der Waals surface area (Å²) in [6.07, 6.45) is 11.9. The van der Waals surface area contributed by atoms with Crippen LogP contribution >= 0.6 is 0 Å². The number of unbranched alkanes of at least 4 members (excludes halogenated alkanes) is 5. The van der Waals surface area contributed by atoms with Crippen LogP contribution in [0.2, 0.25) is 0 Å². The van der Waals surface area contributed by atoms with E-state index in [2.05, 4.69) is 19.2 Å². The van der Waals surface area contributed by atoms with Gasteiger partial charge in [0.1, 0.15) is 0 Å². The highest BCUT2D eigenvalue weighted by atomic mass is 16.3. The third kappa shape index (κ3) is 10.4. The lowest BCUT2D eigenvalue weighted by molar-refractivity contribution is 0.277. The molecular weight excluding hydrogens is 198 g/mol. The van der Waals surface area contributed by atoms with Gasteiger partial charge in [0.2, 0.25) is 0 Å². The number of aliphatic hydroxyl groups is 1. The van der Waals surface area contributed by atoms with E-state index in [0.717, 1.165) is 6.54 Å². The molecule has 98 valence electrons. The molecule has 0 radical (unpaired) electrons. The van der Waals surface area contributed by atoms with E-state index in [4.69, 9.17) is 5.11 Å². The summed E-state index contributed by atoms with van der Waals surface area (Å²) in [5, 5.41) is 12.3. The molecular formula is C14H31NO. The Bertz CT molecular complexity index is 120. The minimum absolute atomic E-state index is 0.262. The maximum absolute atomic E-state index is 8.82. The molecule has 2 heteroatoms. The normalized spacial score (nSPS) is 12.9. The molecule has 2 nitrogen and oxygen atoms in total. The Morgan fingerprint density at radius 2 is 1.50 bits per heavy atom. The summed E-state index contributed by atoms with van der Waals surface area (Å²) in [7, 11) is 0. The van der Waals surface area contributed by atoms with Gasteiger partial charge in [0.25, 0.3) is 0 Å². The molecule has 0 aromatic heterocycles. The van der Waals surface area contributed by atoms with Crippen LogP contribution in [0.3, 0.4) is 0 Å². The van der Waals surface area contributed by atoms with Gasteiger partial charge in [-0.25, -0.2) is 0 Å². The molecule has 0 aromatic rings. The highest BCUT2D eigenvalue weighted by Gasteiger charge is 2.06. The van der Waals surface area contributed by atoms with Crippen molar-refractivity contribution in [3.63, 3.8) is 0 Å². The Morgan fingerprint density at radius 1 is 0.875 bits per heavy atom. The Kier molecular flexibility index (Phi) is 12.9. The number of aliphatic hydroxyl groups excluding tert-OH is 1. The maximum Gasteiger partial charge on any atom is 0.0556 e. The minimum Gasteiger partial charge on any atom is -0.395 e. The molecule has 2 N–H and O–H groups in total. The molecule has 0 saturated carbocycles. The number of hydrogen-bond donors (Lipinski definition) is 2. The zero-order valence-corrected chi connectivity index (χ0v) is 11.3. The van der Waals surface area contributed by atoms with Crippen molar-refractivity contribution in [2.45, 2.75) is 77.7 Å². The first kappa shape index (κ1) is 15.9. The molecule has 0 amide bonds. The Morgan fingerprint density at radius 3 is 2.12 bits per heavy atom. The second-order valence-electron chi connectivity index (χ2n) is 4.72. The molecule has 0 saturated heterocycles. The van der Waals surface area contributed by atoms with Crippen LogP contribution in [0.5, 0.6) is 0 Å². The van der Waals surface area contributed by atoms with E-state index in [-0.39, 0.29) is 6.61 Å². The van der Waals surface area contributed by atoms with E-state index in [0.29, 0.717) is 6.04 Å². The largest absolute Gasteiger partial charge is 0.395 e. The second-order valence-corrected chi connectivity index (χ2v) is 4.72. The van der Waals surface area contributed by atoms with Crippen molar-refractivity contribution < 1.29 is 5.11 Å². The maximum atomic E-state index is 8.82. The predicted molar refractivity (Wildman–Crippen MR) is 71.8 cm³/mol. The molecule has 0 fully saturated rings. The third-order valence-corrected chi connectivity index (χ3v) is 3.11. The summed E-state index contributed by atoms with van der Waals surface area (Å²) in [6.45, 7) is 5.51. The third-order valence-electron chi connectivity index (χ3n) is 3.11. The van der Waals surface area contributed by atoms with E-state index in [1.54, 1.807) is 0 Å². The van der Waals surface area contributed by atoms with Gasteiger partial charge in [0.05, 0.1) is 6.61 Å². The van der Waals surface area contributed by atoms with Crippen LogP contribution in [0.4, 0.5) is 0 Å². The fourth-order valence-electron chi connectivity index (χ4n) is 2.06. The molecule has 16 heavy (non-hydrogen) atoms. The highest BCUT2D eigenvalue weighted by Crippen LogP contribution is 2.11. The van der Waals surface area contributed by atoms with Crippen LogP contribution in [-0.4, -0.2) is 24.3 Å². The van der Waals surface area contributed by atoms with Crippen LogP contribution in [-0.2, 0) is 0 Å². The summed E-state index contributed by atoms with van der Waals surface area (Å²) in [5.74, 6) is 0. The van der Waals surface area contributed by atoms with Crippen molar-refractivity contribution in [3.8, 4) is 0 Å². The SMILES string of the molecule is CCCCCCCC(CCCC)NCCO.